The zero-order valence-corrected chi connectivity index (χ0v) is 20.1. The van der Waals surface area contributed by atoms with Crippen LogP contribution >= 0.6 is 0 Å². The van der Waals surface area contributed by atoms with E-state index in [1.165, 1.54) is 6.07 Å². The van der Waals surface area contributed by atoms with Gasteiger partial charge in [0.15, 0.2) is 5.78 Å². The number of halogens is 1. The second kappa shape index (κ2) is 9.68. The molecule has 0 radical (unpaired) electrons. The maximum atomic E-state index is 15.1. The number of dihydropyridines is 1. The third kappa shape index (κ3) is 4.38. The van der Waals surface area contributed by atoms with E-state index < -0.39 is 17.7 Å². The standard InChI is InChI=1S/C29H30FNO4/c1-17-26(29(33)35-19-9-3-4-10-19)27(21-12-5-7-13-22(21)30)28-23(31-17)15-18(16-24(28)32)20-11-6-8-14-25(20)34-2/h5-8,11-14,18-19,27,31H,3-4,9-10,15-16H2,1-2H3/t18-,27-/m0/s1. The lowest BCUT2D eigenvalue weighted by atomic mass is 9.71. The molecule has 0 amide bonds. The van der Waals surface area contributed by atoms with Gasteiger partial charge in [-0.25, -0.2) is 9.18 Å². The first kappa shape index (κ1) is 23.3. The third-order valence-corrected chi connectivity index (χ3v) is 7.42. The molecule has 2 aromatic rings. The highest BCUT2D eigenvalue weighted by atomic mass is 19.1. The summed E-state index contributed by atoms with van der Waals surface area (Å²) in [7, 11) is 1.62. The van der Waals surface area contributed by atoms with Crippen LogP contribution < -0.4 is 10.1 Å². The molecular formula is C29H30FNO4. The lowest BCUT2D eigenvalue weighted by molar-refractivity contribution is -0.144. The number of para-hydroxylation sites is 1. The van der Waals surface area contributed by atoms with Crippen molar-refractivity contribution >= 4 is 11.8 Å². The molecule has 5 nitrogen and oxygen atoms in total. The predicted octanol–water partition coefficient (Wildman–Crippen LogP) is 5.68. The average Bonchev–Trinajstić information content (AvgIpc) is 3.36. The van der Waals surface area contributed by atoms with Gasteiger partial charge in [-0.05, 0) is 56.7 Å². The van der Waals surface area contributed by atoms with Gasteiger partial charge in [0.05, 0.1) is 18.6 Å². The van der Waals surface area contributed by atoms with E-state index in [9.17, 15) is 9.59 Å². The van der Waals surface area contributed by atoms with Crippen molar-refractivity contribution < 1.29 is 23.5 Å². The number of nitrogens with one attached hydrogen (secondary N) is 1. The van der Waals surface area contributed by atoms with Crippen LogP contribution in [0.3, 0.4) is 0 Å². The van der Waals surface area contributed by atoms with Crippen molar-refractivity contribution in [2.24, 2.45) is 0 Å². The Hall–Kier alpha value is -3.41. The van der Waals surface area contributed by atoms with Crippen LogP contribution in [0.15, 0.2) is 71.1 Å². The summed E-state index contributed by atoms with van der Waals surface area (Å²) < 4.78 is 26.5. The molecule has 5 rings (SSSR count). The van der Waals surface area contributed by atoms with E-state index >= 15 is 4.39 Å². The molecule has 0 aromatic heterocycles. The summed E-state index contributed by atoms with van der Waals surface area (Å²) in [5.41, 5.74) is 3.42. The first-order valence-electron chi connectivity index (χ1n) is 12.3. The maximum Gasteiger partial charge on any atom is 0.337 e. The van der Waals surface area contributed by atoms with E-state index in [1.54, 1.807) is 32.2 Å². The Labute approximate surface area is 205 Å². The van der Waals surface area contributed by atoms with Crippen LogP contribution in [-0.2, 0) is 14.3 Å². The van der Waals surface area contributed by atoms with Gasteiger partial charge < -0.3 is 14.8 Å². The molecule has 2 aliphatic carbocycles. The number of allylic oxidation sites excluding steroid dienone is 3. The molecule has 0 saturated heterocycles. The minimum atomic E-state index is -0.799. The van der Waals surface area contributed by atoms with E-state index in [-0.39, 0.29) is 24.2 Å². The minimum Gasteiger partial charge on any atom is -0.496 e. The Morgan fingerprint density at radius 2 is 1.69 bits per heavy atom. The third-order valence-electron chi connectivity index (χ3n) is 7.42. The van der Waals surface area contributed by atoms with E-state index in [2.05, 4.69) is 5.32 Å². The van der Waals surface area contributed by atoms with Crippen molar-refractivity contribution in [1.82, 2.24) is 5.32 Å². The van der Waals surface area contributed by atoms with Crippen molar-refractivity contribution in [3.63, 3.8) is 0 Å². The monoisotopic (exact) mass is 475 g/mol. The van der Waals surface area contributed by atoms with E-state index in [0.717, 1.165) is 42.7 Å². The Morgan fingerprint density at radius 1 is 1.00 bits per heavy atom. The number of carbonyl (C=O) groups excluding carboxylic acids is 2. The van der Waals surface area contributed by atoms with Crippen LogP contribution in [0.2, 0.25) is 0 Å². The van der Waals surface area contributed by atoms with Crippen molar-refractivity contribution in [3.05, 3.63) is 88.0 Å². The predicted molar refractivity (Wildman–Crippen MR) is 130 cm³/mol. The summed E-state index contributed by atoms with van der Waals surface area (Å²) >= 11 is 0. The second-order valence-electron chi connectivity index (χ2n) is 9.59. The van der Waals surface area contributed by atoms with Crippen LogP contribution in [-0.4, -0.2) is 25.0 Å². The summed E-state index contributed by atoms with van der Waals surface area (Å²) in [4.78, 5) is 27.1. The topological polar surface area (TPSA) is 64.6 Å². The lowest BCUT2D eigenvalue weighted by Crippen LogP contribution is -2.37. The zero-order chi connectivity index (χ0) is 24.5. The minimum absolute atomic E-state index is 0.0778. The number of ether oxygens (including phenoxy) is 2. The number of hydrogen-bond acceptors (Lipinski definition) is 5. The molecule has 0 bridgehead atoms. The normalized spacial score (nSPS) is 22.7. The van der Waals surface area contributed by atoms with E-state index in [0.29, 0.717) is 28.8 Å². The molecule has 0 unspecified atom stereocenters. The summed E-state index contributed by atoms with van der Waals surface area (Å²) in [6.07, 6.45) is 4.43. The highest BCUT2D eigenvalue weighted by Crippen LogP contribution is 2.47. The van der Waals surface area contributed by atoms with Gasteiger partial charge in [0.2, 0.25) is 0 Å². The van der Waals surface area contributed by atoms with Gasteiger partial charge in [0.25, 0.3) is 0 Å². The van der Waals surface area contributed by atoms with Gasteiger partial charge in [0.1, 0.15) is 17.7 Å². The first-order valence-corrected chi connectivity index (χ1v) is 12.3. The molecule has 1 fully saturated rings. The van der Waals surface area contributed by atoms with Crippen molar-refractivity contribution in [2.75, 3.05) is 7.11 Å². The second-order valence-corrected chi connectivity index (χ2v) is 9.59. The van der Waals surface area contributed by atoms with Gasteiger partial charge >= 0.3 is 5.97 Å². The van der Waals surface area contributed by atoms with Gasteiger partial charge in [-0.15, -0.1) is 0 Å². The Morgan fingerprint density at radius 3 is 2.40 bits per heavy atom. The number of Topliss-reactive ketones (excluding diaryl/α,β-unsaturated/α-hetero) is 1. The molecule has 182 valence electrons. The highest BCUT2D eigenvalue weighted by Gasteiger charge is 2.43. The van der Waals surface area contributed by atoms with Crippen LogP contribution in [0.1, 0.15) is 68.4 Å². The fourth-order valence-electron chi connectivity index (χ4n) is 5.77. The van der Waals surface area contributed by atoms with Crippen LogP contribution in [0.5, 0.6) is 5.75 Å². The molecule has 0 spiro atoms. The molecule has 35 heavy (non-hydrogen) atoms. The van der Waals surface area contributed by atoms with Crippen LogP contribution in [0, 0.1) is 5.82 Å². The van der Waals surface area contributed by atoms with Crippen LogP contribution in [0.25, 0.3) is 0 Å². The Kier molecular flexibility index (Phi) is 6.46. The van der Waals surface area contributed by atoms with Crippen molar-refractivity contribution in [2.45, 2.75) is 63.4 Å². The number of esters is 1. The summed E-state index contributed by atoms with van der Waals surface area (Å²) in [6.45, 7) is 1.81. The fourth-order valence-corrected chi connectivity index (χ4v) is 5.77. The smallest absolute Gasteiger partial charge is 0.337 e. The quantitative estimate of drug-likeness (QED) is 0.564. The summed E-state index contributed by atoms with van der Waals surface area (Å²) in [5, 5.41) is 3.34. The summed E-state index contributed by atoms with van der Waals surface area (Å²) in [6, 6.07) is 14.1. The van der Waals surface area contributed by atoms with Gasteiger partial charge in [-0.2, -0.15) is 0 Å². The van der Waals surface area contributed by atoms with Gasteiger partial charge in [-0.3, -0.25) is 4.79 Å². The molecule has 1 saturated carbocycles. The zero-order valence-electron chi connectivity index (χ0n) is 20.1. The number of methoxy groups -OCH3 is 1. The summed E-state index contributed by atoms with van der Waals surface area (Å²) in [5.74, 6) is -1.14. The molecule has 2 aromatic carbocycles. The number of hydrogen-bond donors (Lipinski definition) is 1. The van der Waals surface area contributed by atoms with Crippen molar-refractivity contribution in [3.8, 4) is 5.75 Å². The molecule has 1 N–H and O–H groups in total. The molecule has 1 heterocycles. The molecule has 6 heteroatoms. The first-order chi connectivity index (χ1) is 17.0. The molecule has 2 atom stereocenters. The Balaban J connectivity index is 1.56. The SMILES string of the molecule is COc1ccccc1[C@@H]1CC(=O)C2=C(C1)NC(C)=C(C(=O)OC1CCCC1)[C@@H]2c1ccccc1F. The van der Waals surface area contributed by atoms with E-state index in [4.69, 9.17) is 9.47 Å². The number of carbonyl (C=O) groups is 2. The largest absolute Gasteiger partial charge is 0.496 e. The molecule has 3 aliphatic rings. The van der Waals surface area contributed by atoms with E-state index in [1.807, 2.05) is 24.3 Å². The highest BCUT2D eigenvalue weighted by molar-refractivity contribution is 6.04. The number of benzene rings is 2. The molecule has 1 aliphatic heterocycles. The number of ketones is 1. The van der Waals surface area contributed by atoms with Gasteiger partial charge in [-0.1, -0.05) is 36.4 Å². The Bertz CT molecular complexity index is 1220. The van der Waals surface area contributed by atoms with Gasteiger partial charge in [0, 0.05) is 34.9 Å². The number of rotatable bonds is 5. The van der Waals surface area contributed by atoms with Crippen LogP contribution in [0.4, 0.5) is 4.39 Å². The molecular weight excluding hydrogens is 445 g/mol. The maximum absolute atomic E-state index is 15.1. The van der Waals surface area contributed by atoms with Crippen molar-refractivity contribution in [1.29, 1.82) is 0 Å². The lowest BCUT2D eigenvalue weighted by Gasteiger charge is -2.37. The fraction of sp³-hybridized carbons (Fsp3) is 0.379. The average molecular weight is 476 g/mol.